The van der Waals surface area contributed by atoms with E-state index in [0.717, 1.165) is 30.6 Å². The third-order valence-electron chi connectivity index (χ3n) is 5.05. The second kappa shape index (κ2) is 10.9. The van der Waals surface area contributed by atoms with Gasteiger partial charge in [0.05, 0.1) is 13.1 Å². The first-order valence-corrected chi connectivity index (χ1v) is 11.2. The van der Waals surface area contributed by atoms with E-state index in [1.165, 1.54) is 22.7 Å². The van der Waals surface area contributed by atoms with Crippen LogP contribution in [0.2, 0.25) is 0 Å². The highest BCUT2D eigenvalue weighted by Crippen LogP contribution is 2.18. The maximum absolute atomic E-state index is 12.8. The van der Waals surface area contributed by atoms with Gasteiger partial charge >= 0.3 is 0 Å². The third-order valence-corrected chi connectivity index (χ3v) is 5.91. The standard InChI is InChI=1S/C21H28N4O4S/c1-15-12-18(24-29-15)23-19(26)9-10-21(28)25(13-17-8-5-11-30-17)14-20(27)22-16-6-3-2-4-7-16/h5,8,11-12,16H,2-4,6-7,9-10,13-14H2,1H3,(H,22,27)(H,23,24,26). The number of rotatable bonds is 9. The van der Waals surface area contributed by atoms with Gasteiger partial charge in [-0.3, -0.25) is 14.4 Å². The Morgan fingerprint density at radius 3 is 2.67 bits per heavy atom. The van der Waals surface area contributed by atoms with Crippen molar-refractivity contribution in [1.29, 1.82) is 0 Å². The molecule has 0 unspecified atom stereocenters. The number of hydrogen-bond acceptors (Lipinski definition) is 6. The minimum absolute atomic E-state index is 0.00265. The first kappa shape index (κ1) is 22.0. The molecule has 0 aromatic carbocycles. The number of anilines is 1. The van der Waals surface area contributed by atoms with Gasteiger partial charge in [0.1, 0.15) is 5.76 Å². The van der Waals surface area contributed by atoms with Crippen molar-refractivity contribution in [3.05, 3.63) is 34.2 Å². The molecule has 0 spiro atoms. The van der Waals surface area contributed by atoms with Gasteiger partial charge < -0.3 is 20.1 Å². The van der Waals surface area contributed by atoms with Crippen molar-refractivity contribution < 1.29 is 18.9 Å². The van der Waals surface area contributed by atoms with E-state index < -0.39 is 0 Å². The van der Waals surface area contributed by atoms with Gasteiger partial charge in [0.2, 0.25) is 17.7 Å². The molecule has 0 bridgehead atoms. The number of nitrogens with one attached hydrogen (secondary N) is 2. The van der Waals surface area contributed by atoms with Crippen LogP contribution in [0.15, 0.2) is 28.1 Å². The third kappa shape index (κ3) is 6.98. The molecule has 0 atom stereocenters. The summed E-state index contributed by atoms with van der Waals surface area (Å²) in [7, 11) is 0. The molecule has 2 heterocycles. The largest absolute Gasteiger partial charge is 0.360 e. The van der Waals surface area contributed by atoms with Crippen LogP contribution in [0.1, 0.15) is 55.6 Å². The van der Waals surface area contributed by atoms with E-state index in [-0.39, 0.29) is 43.1 Å². The average molecular weight is 433 g/mol. The molecule has 1 fully saturated rings. The van der Waals surface area contributed by atoms with Crippen LogP contribution in [0.4, 0.5) is 5.82 Å². The molecule has 30 heavy (non-hydrogen) atoms. The fourth-order valence-corrected chi connectivity index (χ4v) is 4.25. The zero-order chi connectivity index (χ0) is 21.3. The molecule has 9 heteroatoms. The topological polar surface area (TPSA) is 105 Å². The molecule has 0 radical (unpaired) electrons. The van der Waals surface area contributed by atoms with Gasteiger partial charge in [0.15, 0.2) is 5.82 Å². The lowest BCUT2D eigenvalue weighted by Gasteiger charge is -2.26. The molecule has 2 aromatic heterocycles. The number of aromatic nitrogens is 1. The quantitative estimate of drug-likeness (QED) is 0.633. The first-order valence-electron chi connectivity index (χ1n) is 10.3. The van der Waals surface area contributed by atoms with Gasteiger partial charge in [0, 0.05) is 29.8 Å². The van der Waals surface area contributed by atoms with Crippen molar-refractivity contribution in [2.45, 2.75) is 64.5 Å². The van der Waals surface area contributed by atoms with E-state index in [1.807, 2.05) is 17.5 Å². The van der Waals surface area contributed by atoms with Crippen LogP contribution >= 0.6 is 11.3 Å². The van der Waals surface area contributed by atoms with Gasteiger partial charge in [0.25, 0.3) is 0 Å². The Balaban J connectivity index is 1.52. The van der Waals surface area contributed by atoms with Crippen molar-refractivity contribution in [3.63, 3.8) is 0 Å². The van der Waals surface area contributed by atoms with Crippen molar-refractivity contribution in [1.82, 2.24) is 15.4 Å². The smallest absolute Gasteiger partial charge is 0.239 e. The summed E-state index contributed by atoms with van der Waals surface area (Å²) in [5.74, 6) is 0.224. The molecule has 1 saturated carbocycles. The molecular weight excluding hydrogens is 404 g/mol. The van der Waals surface area contributed by atoms with Crippen LogP contribution in [-0.4, -0.2) is 40.4 Å². The van der Waals surface area contributed by atoms with Gasteiger partial charge in [-0.25, -0.2) is 0 Å². The summed E-state index contributed by atoms with van der Waals surface area (Å²) in [6.45, 7) is 2.09. The minimum atomic E-state index is -0.320. The molecule has 1 aliphatic carbocycles. The number of aryl methyl sites for hydroxylation is 1. The fourth-order valence-electron chi connectivity index (χ4n) is 3.53. The number of carbonyl (C=O) groups is 3. The van der Waals surface area contributed by atoms with Crippen LogP contribution in [0.5, 0.6) is 0 Å². The monoisotopic (exact) mass is 432 g/mol. The molecule has 3 rings (SSSR count). The summed E-state index contributed by atoms with van der Waals surface area (Å²) in [5.41, 5.74) is 0. The van der Waals surface area contributed by atoms with Crippen LogP contribution in [-0.2, 0) is 20.9 Å². The Bertz CT molecular complexity index is 843. The molecule has 0 aliphatic heterocycles. The average Bonchev–Trinajstić information content (AvgIpc) is 3.38. The highest BCUT2D eigenvalue weighted by molar-refractivity contribution is 7.09. The summed E-state index contributed by atoms with van der Waals surface area (Å²) in [6, 6.07) is 5.65. The lowest BCUT2D eigenvalue weighted by Crippen LogP contribution is -2.44. The summed E-state index contributed by atoms with van der Waals surface area (Å²) >= 11 is 1.54. The summed E-state index contributed by atoms with van der Waals surface area (Å²) < 4.78 is 4.91. The number of nitrogens with zero attached hydrogens (tertiary/aromatic N) is 2. The molecule has 0 saturated heterocycles. The lowest BCUT2D eigenvalue weighted by atomic mass is 9.95. The summed E-state index contributed by atoms with van der Waals surface area (Å²) in [6.07, 6.45) is 5.48. The first-order chi connectivity index (χ1) is 14.5. The number of hydrogen-bond donors (Lipinski definition) is 2. The molecule has 1 aliphatic rings. The van der Waals surface area contributed by atoms with Crippen LogP contribution in [0, 0.1) is 6.92 Å². The Hall–Kier alpha value is -2.68. The Kier molecular flexibility index (Phi) is 8.01. The van der Waals surface area contributed by atoms with E-state index in [9.17, 15) is 14.4 Å². The summed E-state index contributed by atoms with van der Waals surface area (Å²) in [4.78, 5) is 40.0. The Morgan fingerprint density at radius 1 is 1.20 bits per heavy atom. The maximum atomic E-state index is 12.8. The van der Waals surface area contributed by atoms with Gasteiger partial charge in [-0.2, -0.15) is 0 Å². The number of thiophene rings is 1. The number of carbonyl (C=O) groups excluding carboxylic acids is 3. The van der Waals surface area contributed by atoms with Gasteiger partial charge in [-0.1, -0.05) is 30.5 Å². The number of amides is 3. The normalized spacial score (nSPS) is 14.3. The highest BCUT2D eigenvalue weighted by Gasteiger charge is 2.22. The second-order valence-electron chi connectivity index (χ2n) is 7.60. The molecule has 3 amide bonds. The maximum Gasteiger partial charge on any atom is 0.239 e. The molecule has 2 aromatic rings. The van der Waals surface area contributed by atoms with Crippen LogP contribution in [0.25, 0.3) is 0 Å². The van der Waals surface area contributed by atoms with E-state index in [4.69, 9.17) is 4.52 Å². The Labute approximate surface area is 180 Å². The molecule has 8 nitrogen and oxygen atoms in total. The van der Waals surface area contributed by atoms with E-state index in [0.29, 0.717) is 18.1 Å². The van der Waals surface area contributed by atoms with Crippen molar-refractivity contribution in [2.75, 3.05) is 11.9 Å². The van der Waals surface area contributed by atoms with Crippen molar-refractivity contribution in [2.24, 2.45) is 0 Å². The minimum Gasteiger partial charge on any atom is -0.360 e. The Morgan fingerprint density at radius 2 is 2.00 bits per heavy atom. The zero-order valence-electron chi connectivity index (χ0n) is 17.2. The fraction of sp³-hybridized carbons (Fsp3) is 0.524. The lowest BCUT2D eigenvalue weighted by molar-refractivity contribution is -0.137. The predicted molar refractivity (Wildman–Crippen MR) is 114 cm³/mol. The van der Waals surface area contributed by atoms with E-state index >= 15 is 0 Å². The van der Waals surface area contributed by atoms with Crippen molar-refractivity contribution in [3.8, 4) is 0 Å². The molecule has 2 N–H and O–H groups in total. The molecule has 162 valence electrons. The predicted octanol–water partition coefficient (Wildman–Crippen LogP) is 3.24. The molecular formula is C21H28N4O4S. The van der Waals surface area contributed by atoms with Crippen molar-refractivity contribution >= 4 is 34.9 Å². The highest BCUT2D eigenvalue weighted by atomic mass is 32.1. The SMILES string of the molecule is Cc1cc(NC(=O)CCC(=O)N(CC(=O)NC2CCCCC2)Cc2cccs2)no1. The van der Waals surface area contributed by atoms with E-state index in [1.54, 1.807) is 13.0 Å². The van der Waals surface area contributed by atoms with Gasteiger partial charge in [-0.15, -0.1) is 11.3 Å². The second-order valence-corrected chi connectivity index (χ2v) is 8.63. The van der Waals surface area contributed by atoms with Crippen LogP contribution < -0.4 is 10.6 Å². The summed E-state index contributed by atoms with van der Waals surface area (Å²) in [5, 5.41) is 11.3. The zero-order valence-corrected chi connectivity index (χ0v) is 18.0. The van der Waals surface area contributed by atoms with Gasteiger partial charge in [-0.05, 0) is 31.2 Å². The van der Waals surface area contributed by atoms with Crippen LogP contribution in [0.3, 0.4) is 0 Å². The van der Waals surface area contributed by atoms with E-state index in [2.05, 4.69) is 15.8 Å².